The van der Waals surface area contributed by atoms with Crippen LogP contribution in [0.25, 0.3) is 0 Å². The molecule has 0 aliphatic carbocycles. The zero-order valence-corrected chi connectivity index (χ0v) is 12.3. The highest BCUT2D eigenvalue weighted by Crippen LogP contribution is 2.26. The summed E-state index contributed by atoms with van der Waals surface area (Å²) >= 11 is 0. The molecule has 2 rings (SSSR count). The number of benzene rings is 1. The van der Waals surface area contributed by atoms with Gasteiger partial charge < -0.3 is 9.62 Å². The number of furan rings is 1. The zero-order valence-electron chi connectivity index (χ0n) is 12.3. The normalized spacial score (nSPS) is 11.5. The number of carbonyl (C=O) groups is 1. The molecule has 0 saturated heterocycles. The molecule has 1 N–H and O–H groups in total. The Labute approximate surface area is 123 Å². The van der Waals surface area contributed by atoms with E-state index in [4.69, 9.17) is 9.62 Å². The van der Waals surface area contributed by atoms with Gasteiger partial charge in [-0.15, -0.1) is 0 Å². The summed E-state index contributed by atoms with van der Waals surface area (Å²) in [6.45, 7) is 5.74. The molecule has 5 nitrogen and oxygen atoms in total. The summed E-state index contributed by atoms with van der Waals surface area (Å²) < 4.78 is 5.20. The van der Waals surface area contributed by atoms with E-state index in [1.165, 1.54) is 6.26 Å². The third-order valence-electron chi connectivity index (χ3n) is 3.24. The van der Waals surface area contributed by atoms with Crippen molar-refractivity contribution >= 4 is 17.3 Å². The lowest BCUT2D eigenvalue weighted by molar-refractivity contribution is 0.0963. The molecule has 2 aromatic rings. The van der Waals surface area contributed by atoms with E-state index in [9.17, 15) is 4.79 Å². The van der Waals surface area contributed by atoms with E-state index < -0.39 is 0 Å². The molecule has 1 amide bonds. The lowest BCUT2D eigenvalue weighted by Crippen LogP contribution is -2.36. The molecule has 0 saturated carbocycles. The number of amides is 1. The average Bonchev–Trinajstić information content (AvgIpc) is 2.99. The molecule has 0 atom stereocenters. The second kappa shape index (κ2) is 6.26. The fraction of sp³-hybridized carbons (Fsp3) is 0.250. The first-order valence-corrected chi connectivity index (χ1v) is 6.63. The van der Waals surface area contributed by atoms with Gasteiger partial charge in [-0.3, -0.25) is 9.69 Å². The van der Waals surface area contributed by atoms with Crippen LogP contribution in [0.4, 0.5) is 5.69 Å². The van der Waals surface area contributed by atoms with Gasteiger partial charge in [0.2, 0.25) is 0 Å². The number of hydrogen-bond acceptors (Lipinski definition) is 4. The maximum absolute atomic E-state index is 12.7. The first kappa shape index (κ1) is 14.8. The average molecular weight is 286 g/mol. The molecular weight excluding hydrogens is 268 g/mol. The number of anilines is 1. The highest BCUT2D eigenvalue weighted by molar-refractivity contribution is 6.08. The van der Waals surface area contributed by atoms with Crippen LogP contribution in [0, 0.1) is 13.8 Å². The Morgan fingerprint density at radius 3 is 2.43 bits per heavy atom. The van der Waals surface area contributed by atoms with Crippen LogP contribution in [-0.2, 0) is 0 Å². The van der Waals surface area contributed by atoms with Crippen molar-refractivity contribution < 1.29 is 14.4 Å². The molecular formula is C16H18N2O3. The van der Waals surface area contributed by atoms with Gasteiger partial charge in [0, 0.05) is 0 Å². The van der Waals surface area contributed by atoms with Crippen LogP contribution in [0.15, 0.2) is 46.2 Å². The highest BCUT2D eigenvalue weighted by atomic mass is 16.4. The number of carbonyl (C=O) groups excluding carboxylic acids is 1. The second-order valence-corrected chi connectivity index (χ2v) is 4.94. The highest BCUT2D eigenvalue weighted by Gasteiger charge is 2.23. The fourth-order valence-electron chi connectivity index (χ4n) is 2.28. The molecule has 1 aromatic carbocycles. The minimum Gasteiger partial charge on any atom is -0.459 e. The first-order chi connectivity index (χ1) is 10.0. The van der Waals surface area contributed by atoms with Crippen LogP contribution >= 0.6 is 0 Å². The van der Waals surface area contributed by atoms with Crippen LogP contribution < -0.4 is 4.90 Å². The van der Waals surface area contributed by atoms with Crippen molar-refractivity contribution in [2.45, 2.75) is 20.8 Å². The van der Waals surface area contributed by atoms with E-state index in [2.05, 4.69) is 5.16 Å². The molecule has 110 valence electrons. The lowest BCUT2D eigenvalue weighted by atomic mass is 10.1. The van der Waals surface area contributed by atoms with Gasteiger partial charge in [-0.05, 0) is 44.0 Å². The molecule has 0 aliphatic rings. The van der Waals surface area contributed by atoms with Gasteiger partial charge in [-0.25, -0.2) is 0 Å². The molecule has 1 aromatic heterocycles. The number of para-hydroxylation sites is 1. The monoisotopic (exact) mass is 286 g/mol. The van der Waals surface area contributed by atoms with Crippen molar-refractivity contribution in [2.24, 2.45) is 5.16 Å². The largest absolute Gasteiger partial charge is 0.459 e. The first-order valence-electron chi connectivity index (χ1n) is 6.63. The molecule has 1 heterocycles. The molecule has 0 radical (unpaired) electrons. The maximum Gasteiger partial charge on any atom is 0.294 e. The van der Waals surface area contributed by atoms with Crippen molar-refractivity contribution in [3.05, 3.63) is 53.5 Å². The number of aryl methyl sites for hydroxylation is 2. The van der Waals surface area contributed by atoms with E-state index in [1.807, 2.05) is 32.0 Å². The minimum absolute atomic E-state index is 0.196. The van der Waals surface area contributed by atoms with Crippen LogP contribution in [0.2, 0.25) is 0 Å². The second-order valence-electron chi connectivity index (χ2n) is 4.94. The van der Waals surface area contributed by atoms with Gasteiger partial charge >= 0.3 is 0 Å². The molecule has 0 fully saturated rings. The van der Waals surface area contributed by atoms with Gasteiger partial charge in [0.25, 0.3) is 5.91 Å². The Morgan fingerprint density at radius 1 is 1.24 bits per heavy atom. The molecule has 0 unspecified atom stereocenters. The summed E-state index contributed by atoms with van der Waals surface area (Å²) in [6.07, 6.45) is 1.46. The number of nitrogens with zero attached hydrogens (tertiary/aromatic N) is 2. The van der Waals surface area contributed by atoms with Gasteiger partial charge in [0.15, 0.2) is 5.76 Å². The van der Waals surface area contributed by atoms with Crippen molar-refractivity contribution in [1.82, 2.24) is 0 Å². The van der Waals surface area contributed by atoms with Gasteiger partial charge in [0.1, 0.15) is 0 Å². The number of hydrogen-bond donors (Lipinski definition) is 1. The Morgan fingerprint density at radius 2 is 1.90 bits per heavy atom. The lowest BCUT2D eigenvalue weighted by Gasteiger charge is -2.25. The molecule has 21 heavy (non-hydrogen) atoms. The molecule has 0 spiro atoms. The quantitative estimate of drug-likeness (QED) is 0.532. The van der Waals surface area contributed by atoms with Crippen LogP contribution in [0.1, 0.15) is 28.6 Å². The van der Waals surface area contributed by atoms with Crippen molar-refractivity contribution in [3.63, 3.8) is 0 Å². The number of oxime groups is 1. The van der Waals surface area contributed by atoms with E-state index in [1.54, 1.807) is 24.0 Å². The molecule has 0 aliphatic heterocycles. The van der Waals surface area contributed by atoms with Gasteiger partial charge in [0.05, 0.1) is 24.2 Å². The Kier molecular flexibility index (Phi) is 4.42. The zero-order chi connectivity index (χ0) is 15.4. The topological polar surface area (TPSA) is 66.0 Å². The standard InChI is InChI=1S/C16H18N2O3/c1-11-6-4-7-12(2)15(11)18(10-13(3)17-20)16(19)14-8-5-9-21-14/h4-9,20H,10H2,1-3H3/b17-13+. The van der Waals surface area contributed by atoms with E-state index in [0.717, 1.165) is 16.8 Å². The summed E-state index contributed by atoms with van der Waals surface area (Å²) in [5.41, 5.74) is 3.20. The van der Waals surface area contributed by atoms with Gasteiger partial charge in [-0.1, -0.05) is 23.4 Å². The van der Waals surface area contributed by atoms with Crippen molar-refractivity contribution in [1.29, 1.82) is 0 Å². The summed E-state index contributed by atoms with van der Waals surface area (Å²) in [7, 11) is 0. The van der Waals surface area contributed by atoms with E-state index in [-0.39, 0.29) is 18.2 Å². The van der Waals surface area contributed by atoms with E-state index >= 15 is 0 Å². The molecule has 0 bridgehead atoms. The number of rotatable bonds is 4. The minimum atomic E-state index is -0.264. The maximum atomic E-state index is 12.7. The Balaban J connectivity index is 2.48. The molecule has 5 heteroatoms. The summed E-state index contributed by atoms with van der Waals surface area (Å²) in [5.74, 6) is -0.0104. The SMILES string of the molecule is C/C(CN(C(=O)c1ccco1)c1c(C)cccc1C)=N\O. The predicted molar refractivity (Wildman–Crippen MR) is 81.2 cm³/mol. The van der Waals surface area contributed by atoms with Crippen molar-refractivity contribution in [3.8, 4) is 0 Å². The smallest absolute Gasteiger partial charge is 0.294 e. The third-order valence-corrected chi connectivity index (χ3v) is 3.24. The van der Waals surface area contributed by atoms with Crippen LogP contribution in [-0.4, -0.2) is 23.4 Å². The third kappa shape index (κ3) is 3.13. The Bertz CT molecular complexity index is 640. The van der Waals surface area contributed by atoms with Crippen LogP contribution in [0.3, 0.4) is 0 Å². The van der Waals surface area contributed by atoms with Gasteiger partial charge in [-0.2, -0.15) is 0 Å². The fourth-order valence-corrected chi connectivity index (χ4v) is 2.28. The summed E-state index contributed by atoms with van der Waals surface area (Å²) in [6, 6.07) is 9.11. The summed E-state index contributed by atoms with van der Waals surface area (Å²) in [5, 5.41) is 12.1. The van der Waals surface area contributed by atoms with Crippen LogP contribution in [0.5, 0.6) is 0 Å². The Hall–Kier alpha value is -2.56. The summed E-state index contributed by atoms with van der Waals surface area (Å²) in [4.78, 5) is 14.2. The van der Waals surface area contributed by atoms with E-state index in [0.29, 0.717) is 5.71 Å². The van der Waals surface area contributed by atoms with Crippen molar-refractivity contribution in [2.75, 3.05) is 11.4 Å². The predicted octanol–water partition coefficient (Wildman–Crippen LogP) is 3.39.